The summed E-state index contributed by atoms with van der Waals surface area (Å²) in [6.45, 7) is 1.79. The van der Waals surface area contributed by atoms with Crippen LogP contribution in [0, 0.1) is 0 Å². The van der Waals surface area contributed by atoms with E-state index in [0.29, 0.717) is 0 Å². The molecule has 0 bridgehead atoms. The van der Waals surface area contributed by atoms with Gasteiger partial charge < -0.3 is 10.3 Å². The topological polar surface area (TPSA) is 32.3 Å². The van der Waals surface area contributed by atoms with E-state index in [2.05, 4.69) is 17.4 Å². The maximum atomic E-state index is 9.51. The lowest BCUT2D eigenvalue weighted by molar-refractivity contribution is 0.199. The number of fused-ring (bicyclic) bond motifs is 1. The highest BCUT2D eigenvalue weighted by Gasteiger charge is 2.18. The van der Waals surface area contributed by atoms with Gasteiger partial charge in [-0.1, -0.05) is 18.2 Å². The molecule has 15 heavy (non-hydrogen) atoms. The van der Waals surface area contributed by atoms with Crippen molar-refractivity contribution in [3.8, 4) is 0 Å². The Balaban J connectivity index is 2.36. The summed E-state index contributed by atoms with van der Waals surface area (Å²) in [5.74, 6) is 0. The van der Waals surface area contributed by atoms with Gasteiger partial charge in [-0.25, -0.2) is 0 Å². The molecule has 3 heteroatoms. The zero-order valence-corrected chi connectivity index (χ0v) is 9.03. The van der Waals surface area contributed by atoms with Crippen LogP contribution in [0.25, 0.3) is 0 Å². The third-order valence-corrected chi connectivity index (χ3v) is 3.16. The average Bonchev–Trinajstić information content (AvgIpc) is 2.27. The first-order valence-corrected chi connectivity index (χ1v) is 5.49. The molecular weight excluding hydrogens is 185 g/mol. The Morgan fingerprint density at radius 1 is 1.53 bits per heavy atom. The molecule has 78 valence electrons. The van der Waals surface area contributed by atoms with Gasteiger partial charge >= 0.3 is 0 Å². The third kappa shape index (κ3) is 2.08. The van der Waals surface area contributed by atoms with Gasteiger partial charge in [0.15, 0.2) is 7.98 Å². The highest BCUT2D eigenvalue weighted by molar-refractivity contribution is 6.04. The smallest absolute Gasteiger partial charge is 0.178 e. The molecule has 1 aromatic rings. The van der Waals surface area contributed by atoms with Crippen molar-refractivity contribution >= 4 is 7.98 Å². The van der Waals surface area contributed by atoms with Crippen LogP contribution < -0.4 is 5.23 Å². The van der Waals surface area contributed by atoms with Crippen molar-refractivity contribution in [1.29, 1.82) is 0 Å². The van der Waals surface area contributed by atoms with Crippen molar-refractivity contribution in [2.24, 2.45) is 0 Å². The van der Waals surface area contributed by atoms with Gasteiger partial charge in [0.25, 0.3) is 0 Å². The molecule has 2 nitrogen and oxygen atoms in total. The van der Waals surface area contributed by atoms with E-state index in [1.54, 1.807) is 6.92 Å². The quantitative estimate of drug-likeness (QED) is 0.715. The van der Waals surface area contributed by atoms with E-state index in [1.807, 2.05) is 6.07 Å². The largest absolute Gasteiger partial charge is 0.389 e. The second-order valence-electron chi connectivity index (χ2n) is 4.25. The van der Waals surface area contributed by atoms with E-state index >= 15 is 0 Å². The van der Waals surface area contributed by atoms with E-state index in [9.17, 15) is 5.11 Å². The summed E-state index contributed by atoms with van der Waals surface area (Å²) in [7, 11) is 5.52. The zero-order chi connectivity index (χ0) is 10.8. The second-order valence-corrected chi connectivity index (χ2v) is 4.25. The number of aliphatic hydroxyl groups excluding tert-OH is 1. The predicted molar refractivity (Wildman–Crippen MR) is 61.6 cm³/mol. The molecule has 1 aliphatic carbocycles. The number of hydrogen-bond donors (Lipinski definition) is 2. The monoisotopic (exact) mass is 201 g/mol. The van der Waals surface area contributed by atoms with Crippen LogP contribution in [0.1, 0.15) is 48.6 Å². The van der Waals surface area contributed by atoms with E-state index in [-0.39, 0.29) is 12.1 Å². The minimum absolute atomic E-state index is 0.275. The fourth-order valence-electron chi connectivity index (χ4n) is 2.27. The van der Waals surface area contributed by atoms with Gasteiger partial charge in [-0.15, -0.1) is 0 Å². The second kappa shape index (κ2) is 4.37. The lowest BCUT2D eigenvalue weighted by Gasteiger charge is -2.26. The molecular formula is C12H16BNO. The first kappa shape index (κ1) is 10.7. The highest BCUT2D eigenvalue weighted by Crippen LogP contribution is 2.31. The van der Waals surface area contributed by atoms with Gasteiger partial charge in [-0.3, -0.25) is 0 Å². The average molecular weight is 201 g/mol. The first-order valence-electron chi connectivity index (χ1n) is 5.49. The lowest BCUT2D eigenvalue weighted by atomic mass is 9.85. The molecule has 2 atom stereocenters. The Morgan fingerprint density at radius 3 is 3.00 bits per heavy atom. The SMILES string of the molecule is [B]N[C@@H]1CCCc2cc(C(C)O)ccc21. The minimum atomic E-state index is -0.387. The minimum Gasteiger partial charge on any atom is -0.389 e. The van der Waals surface area contributed by atoms with Crippen LogP contribution >= 0.6 is 0 Å². The van der Waals surface area contributed by atoms with Crippen LogP contribution in [0.3, 0.4) is 0 Å². The first-order chi connectivity index (χ1) is 7.22. The van der Waals surface area contributed by atoms with Crippen LogP contribution in [0.15, 0.2) is 18.2 Å². The van der Waals surface area contributed by atoms with Crippen molar-refractivity contribution in [3.05, 3.63) is 34.9 Å². The highest BCUT2D eigenvalue weighted by atomic mass is 16.3. The van der Waals surface area contributed by atoms with Gasteiger partial charge in [-0.2, -0.15) is 0 Å². The molecule has 0 spiro atoms. The summed E-state index contributed by atoms with van der Waals surface area (Å²) in [5.41, 5.74) is 3.60. The number of nitrogens with one attached hydrogen (secondary N) is 1. The Morgan fingerprint density at radius 2 is 2.33 bits per heavy atom. The fourth-order valence-corrected chi connectivity index (χ4v) is 2.27. The molecule has 2 rings (SSSR count). The van der Waals surface area contributed by atoms with Gasteiger partial charge in [0.1, 0.15) is 0 Å². The van der Waals surface area contributed by atoms with Gasteiger partial charge in [0.2, 0.25) is 0 Å². The fraction of sp³-hybridized carbons (Fsp3) is 0.500. The third-order valence-electron chi connectivity index (χ3n) is 3.16. The summed E-state index contributed by atoms with van der Waals surface area (Å²) in [5, 5.41) is 12.4. The summed E-state index contributed by atoms with van der Waals surface area (Å²) in [6, 6.07) is 6.45. The normalized spacial score (nSPS) is 22.1. The Kier molecular flexibility index (Phi) is 3.12. The van der Waals surface area contributed by atoms with Gasteiger partial charge in [0, 0.05) is 6.04 Å². The molecule has 0 amide bonds. The molecule has 0 saturated carbocycles. The van der Waals surface area contributed by atoms with E-state index < -0.39 is 0 Å². The van der Waals surface area contributed by atoms with Gasteiger partial charge in [-0.05, 0) is 42.9 Å². The molecule has 1 aliphatic rings. The number of rotatable bonds is 2. The number of aryl methyl sites for hydroxylation is 1. The van der Waals surface area contributed by atoms with Crippen LogP contribution in [-0.4, -0.2) is 13.1 Å². The van der Waals surface area contributed by atoms with Crippen LogP contribution in [0.4, 0.5) is 0 Å². The molecule has 1 unspecified atom stereocenters. The van der Waals surface area contributed by atoms with Crippen molar-refractivity contribution in [2.45, 2.75) is 38.3 Å². The lowest BCUT2D eigenvalue weighted by Crippen LogP contribution is -2.22. The Bertz CT molecular complexity index is 351. The summed E-state index contributed by atoms with van der Waals surface area (Å²) in [4.78, 5) is 0. The van der Waals surface area contributed by atoms with E-state index in [4.69, 9.17) is 7.98 Å². The maximum absolute atomic E-state index is 9.51. The van der Waals surface area contributed by atoms with E-state index in [0.717, 1.165) is 24.8 Å². The predicted octanol–water partition coefficient (Wildman–Crippen LogP) is 1.79. The standard InChI is InChI=1S/C12H16BNO/c1-8(15)9-5-6-11-10(7-9)3-2-4-12(11)14-13/h5-8,12,14-15H,2-4H2,1H3/t8?,12-/m1/s1. The molecule has 0 aromatic heterocycles. The molecule has 0 saturated heterocycles. The van der Waals surface area contributed by atoms with Crippen molar-refractivity contribution in [3.63, 3.8) is 0 Å². The Labute approximate surface area is 92.1 Å². The maximum Gasteiger partial charge on any atom is 0.178 e. The number of aliphatic hydroxyl groups is 1. The summed E-state index contributed by atoms with van der Waals surface area (Å²) in [6.07, 6.45) is 2.96. The molecule has 1 aromatic carbocycles. The van der Waals surface area contributed by atoms with Crippen molar-refractivity contribution in [2.75, 3.05) is 0 Å². The molecule has 2 N–H and O–H groups in total. The Hall–Kier alpha value is -0.795. The van der Waals surface area contributed by atoms with Crippen LogP contribution in [0.2, 0.25) is 0 Å². The molecule has 2 radical (unpaired) electrons. The van der Waals surface area contributed by atoms with Crippen LogP contribution in [0.5, 0.6) is 0 Å². The molecule has 0 heterocycles. The van der Waals surface area contributed by atoms with Crippen molar-refractivity contribution in [1.82, 2.24) is 5.23 Å². The zero-order valence-electron chi connectivity index (χ0n) is 9.03. The summed E-state index contributed by atoms with van der Waals surface area (Å²) < 4.78 is 0. The van der Waals surface area contributed by atoms with E-state index in [1.165, 1.54) is 11.1 Å². The molecule has 0 aliphatic heterocycles. The summed E-state index contributed by atoms with van der Waals surface area (Å²) >= 11 is 0. The number of benzene rings is 1. The van der Waals surface area contributed by atoms with Crippen LogP contribution in [-0.2, 0) is 6.42 Å². The number of hydrogen-bond acceptors (Lipinski definition) is 2. The van der Waals surface area contributed by atoms with Crippen molar-refractivity contribution < 1.29 is 5.11 Å². The van der Waals surface area contributed by atoms with Gasteiger partial charge in [0.05, 0.1) is 6.10 Å². The molecule has 0 fully saturated rings.